The smallest absolute Gasteiger partial charge is 0.230 e. The van der Waals surface area contributed by atoms with Crippen molar-refractivity contribution in [2.45, 2.75) is 24.3 Å². The van der Waals surface area contributed by atoms with Gasteiger partial charge in [0.15, 0.2) is 5.82 Å². The molecular formula is C16H19ClF2N4O. The van der Waals surface area contributed by atoms with Gasteiger partial charge in [0.1, 0.15) is 11.6 Å². The Labute approximate surface area is 144 Å². The molecule has 0 amide bonds. The Morgan fingerprint density at radius 3 is 2.71 bits per heavy atom. The number of hydrogen-bond acceptors (Lipinski definition) is 5. The monoisotopic (exact) mass is 356 g/mol. The van der Waals surface area contributed by atoms with Crippen LogP contribution in [0.1, 0.15) is 41.6 Å². The molecule has 1 aliphatic heterocycles. The largest absolute Gasteiger partial charge is 0.339 e. The van der Waals surface area contributed by atoms with E-state index in [9.17, 15) is 8.78 Å². The molecule has 0 radical (unpaired) electrons. The molecule has 1 saturated carbocycles. The van der Waals surface area contributed by atoms with E-state index in [1.54, 1.807) is 0 Å². The molecule has 2 aliphatic rings. The Bertz CT molecular complexity index is 706. The van der Waals surface area contributed by atoms with Gasteiger partial charge in [-0.05, 0) is 25.6 Å². The highest BCUT2D eigenvalue weighted by Crippen LogP contribution is 2.55. The van der Waals surface area contributed by atoms with E-state index in [2.05, 4.69) is 20.4 Å². The first-order valence-electron chi connectivity index (χ1n) is 7.83. The first kappa shape index (κ1) is 17.3. The zero-order valence-corrected chi connectivity index (χ0v) is 14.0. The molecule has 24 heavy (non-hydrogen) atoms. The molecule has 1 N–H and O–H groups in total. The molecule has 8 heteroatoms. The number of nitrogens with zero attached hydrogens (tertiary/aromatic N) is 3. The topological polar surface area (TPSA) is 54.2 Å². The summed E-state index contributed by atoms with van der Waals surface area (Å²) in [5.41, 5.74) is 0.133. The Kier molecular flexibility index (Phi) is 4.85. The molecule has 130 valence electrons. The zero-order valence-electron chi connectivity index (χ0n) is 13.2. The predicted molar refractivity (Wildman–Crippen MR) is 86.2 cm³/mol. The predicted octanol–water partition coefficient (Wildman–Crippen LogP) is 2.62. The van der Waals surface area contributed by atoms with E-state index in [0.29, 0.717) is 18.1 Å². The molecule has 1 aromatic heterocycles. The van der Waals surface area contributed by atoms with E-state index in [-0.39, 0.29) is 35.8 Å². The van der Waals surface area contributed by atoms with Crippen molar-refractivity contribution in [1.82, 2.24) is 20.4 Å². The summed E-state index contributed by atoms with van der Waals surface area (Å²) in [6.07, 6.45) is 0.637. The van der Waals surface area contributed by atoms with E-state index < -0.39 is 11.6 Å². The van der Waals surface area contributed by atoms with Crippen LogP contribution < -0.4 is 5.32 Å². The van der Waals surface area contributed by atoms with Crippen LogP contribution in [0.3, 0.4) is 0 Å². The summed E-state index contributed by atoms with van der Waals surface area (Å²) >= 11 is 0. The van der Waals surface area contributed by atoms with Gasteiger partial charge in [-0.25, -0.2) is 8.78 Å². The summed E-state index contributed by atoms with van der Waals surface area (Å²) in [5.74, 6) is -0.209. The molecule has 2 aromatic rings. The average molecular weight is 357 g/mol. The van der Waals surface area contributed by atoms with E-state index >= 15 is 0 Å². The van der Waals surface area contributed by atoms with E-state index in [0.717, 1.165) is 19.6 Å². The van der Waals surface area contributed by atoms with Crippen LogP contribution in [0, 0.1) is 11.6 Å². The Balaban J connectivity index is 0.00000169. The Morgan fingerprint density at radius 1 is 1.25 bits per heavy atom. The first-order chi connectivity index (χ1) is 11.1. The van der Waals surface area contributed by atoms with Crippen LogP contribution in [0.2, 0.25) is 0 Å². The highest BCUT2D eigenvalue weighted by molar-refractivity contribution is 5.85. The number of nitrogens with one attached hydrogen (secondary N) is 1. The van der Waals surface area contributed by atoms with Gasteiger partial charge in [-0.3, -0.25) is 4.90 Å². The van der Waals surface area contributed by atoms with Crippen LogP contribution in [0.15, 0.2) is 22.7 Å². The summed E-state index contributed by atoms with van der Waals surface area (Å²) in [4.78, 5) is 6.65. The lowest BCUT2D eigenvalue weighted by atomic mass is 10.1. The van der Waals surface area contributed by atoms with Gasteiger partial charge in [0.25, 0.3) is 0 Å². The lowest BCUT2D eigenvalue weighted by Gasteiger charge is -2.30. The van der Waals surface area contributed by atoms with Crippen LogP contribution in [0.4, 0.5) is 8.78 Å². The molecule has 0 spiro atoms. The molecule has 3 unspecified atom stereocenters. The number of piperazine rings is 1. The molecule has 3 atom stereocenters. The number of benzene rings is 1. The fourth-order valence-electron chi connectivity index (χ4n) is 3.28. The minimum atomic E-state index is -0.506. The molecule has 2 heterocycles. The summed E-state index contributed by atoms with van der Waals surface area (Å²) in [5, 5.41) is 7.37. The molecule has 5 nitrogen and oxygen atoms in total. The fourth-order valence-corrected chi connectivity index (χ4v) is 3.28. The van der Waals surface area contributed by atoms with Crippen LogP contribution in [-0.2, 0) is 0 Å². The second kappa shape index (κ2) is 6.74. The van der Waals surface area contributed by atoms with Gasteiger partial charge in [-0.15, -0.1) is 12.4 Å². The standard InChI is InChI=1S/C16H18F2N4O.ClH/c1-22-6-5-19-8-13(22)15-20-16(23-21-15)10-7-9(10)14-11(17)3-2-4-12(14)18;/h2-4,9-10,13,19H,5-8H2,1H3;1H. The van der Waals surface area contributed by atoms with Crippen LogP contribution >= 0.6 is 12.4 Å². The summed E-state index contributed by atoms with van der Waals surface area (Å²) in [6.45, 7) is 2.63. The molecule has 1 aliphatic carbocycles. The number of aromatic nitrogens is 2. The van der Waals surface area contributed by atoms with Gasteiger partial charge in [0.05, 0.1) is 6.04 Å². The van der Waals surface area contributed by atoms with Gasteiger partial charge in [0, 0.05) is 37.0 Å². The highest BCUT2D eigenvalue weighted by Gasteiger charge is 2.46. The van der Waals surface area contributed by atoms with E-state index in [4.69, 9.17) is 4.52 Å². The molecule has 4 rings (SSSR count). The van der Waals surface area contributed by atoms with Crippen molar-refractivity contribution < 1.29 is 13.3 Å². The Morgan fingerprint density at radius 2 is 2.00 bits per heavy atom. The molecule has 0 bridgehead atoms. The van der Waals surface area contributed by atoms with Crippen LogP contribution in [0.25, 0.3) is 0 Å². The second-order valence-electron chi connectivity index (χ2n) is 6.28. The average Bonchev–Trinajstić information content (AvgIpc) is 3.15. The number of hydrogen-bond donors (Lipinski definition) is 1. The minimum Gasteiger partial charge on any atom is -0.339 e. The van der Waals surface area contributed by atoms with E-state index in [1.807, 2.05) is 7.05 Å². The molecule has 1 saturated heterocycles. The highest BCUT2D eigenvalue weighted by atomic mass is 35.5. The minimum absolute atomic E-state index is 0. The van der Waals surface area contributed by atoms with Crippen LogP contribution in [0.5, 0.6) is 0 Å². The van der Waals surface area contributed by atoms with Gasteiger partial charge in [0.2, 0.25) is 5.89 Å². The van der Waals surface area contributed by atoms with Gasteiger partial charge in [-0.1, -0.05) is 11.2 Å². The lowest BCUT2D eigenvalue weighted by Crippen LogP contribution is -2.44. The van der Waals surface area contributed by atoms with Crippen LogP contribution in [-0.4, -0.2) is 41.7 Å². The van der Waals surface area contributed by atoms with Gasteiger partial charge >= 0.3 is 0 Å². The second-order valence-corrected chi connectivity index (χ2v) is 6.28. The summed E-state index contributed by atoms with van der Waals surface area (Å²) < 4.78 is 33.1. The Hall–Kier alpha value is -1.57. The summed E-state index contributed by atoms with van der Waals surface area (Å²) in [6, 6.07) is 4.02. The SMILES string of the molecule is CN1CCNCC1c1noc(C2CC2c2c(F)cccc2F)n1.Cl. The lowest BCUT2D eigenvalue weighted by molar-refractivity contribution is 0.190. The molecule has 1 aromatic carbocycles. The normalized spacial score (nSPS) is 26.9. The maximum absolute atomic E-state index is 13.9. The third-order valence-electron chi connectivity index (χ3n) is 4.74. The van der Waals surface area contributed by atoms with Crippen molar-refractivity contribution in [2.24, 2.45) is 0 Å². The molecule has 2 fully saturated rings. The van der Waals surface area contributed by atoms with Crippen molar-refractivity contribution in [3.63, 3.8) is 0 Å². The third-order valence-corrected chi connectivity index (χ3v) is 4.74. The van der Waals surface area contributed by atoms with Crippen molar-refractivity contribution in [3.8, 4) is 0 Å². The number of rotatable bonds is 3. The number of likely N-dealkylation sites (N-methyl/N-ethyl adjacent to an activating group) is 1. The van der Waals surface area contributed by atoms with Gasteiger partial charge < -0.3 is 9.84 Å². The van der Waals surface area contributed by atoms with Crippen molar-refractivity contribution in [1.29, 1.82) is 0 Å². The maximum atomic E-state index is 13.9. The summed E-state index contributed by atoms with van der Waals surface area (Å²) in [7, 11) is 2.02. The van der Waals surface area contributed by atoms with Crippen molar-refractivity contribution in [2.75, 3.05) is 26.7 Å². The maximum Gasteiger partial charge on any atom is 0.230 e. The first-order valence-corrected chi connectivity index (χ1v) is 7.83. The van der Waals surface area contributed by atoms with Crippen molar-refractivity contribution >= 4 is 12.4 Å². The molecular weight excluding hydrogens is 338 g/mol. The quantitative estimate of drug-likeness (QED) is 0.916. The van der Waals surface area contributed by atoms with Gasteiger partial charge in [-0.2, -0.15) is 4.98 Å². The van der Waals surface area contributed by atoms with E-state index in [1.165, 1.54) is 18.2 Å². The zero-order chi connectivity index (χ0) is 16.0. The fraction of sp³-hybridized carbons (Fsp3) is 0.500. The van der Waals surface area contributed by atoms with Crippen molar-refractivity contribution in [3.05, 3.63) is 47.1 Å². The number of halogens is 3. The third kappa shape index (κ3) is 3.03.